The summed E-state index contributed by atoms with van der Waals surface area (Å²) in [6.45, 7) is 6.85. The van der Waals surface area contributed by atoms with E-state index in [0.29, 0.717) is 25.9 Å². The number of halogens is 1. The fourth-order valence-corrected chi connectivity index (χ4v) is 3.97. The summed E-state index contributed by atoms with van der Waals surface area (Å²) < 4.78 is 13.4. The van der Waals surface area contributed by atoms with Crippen LogP contribution in [0.15, 0.2) is 54.7 Å². The lowest BCUT2D eigenvalue weighted by Crippen LogP contribution is -2.46. The summed E-state index contributed by atoms with van der Waals surface area (Å²) in [6, 6.07) is 14.3. The van der Waals surface area contributed by atoms with Gasteiger partial charge in [0.1, 0.15) is 5.82 Å². The van der Waals surface area contributed by atoms with E-state index in [1.807, 2.05) is 45.2 Å². The second kappa shape index (κ2) is 11.6. The number of aromatic amines is 1. The Balaban J connectivity index is 1.76. The highest BCUT2D eigenvalue weighted by atomic mass is 19.1. The van der Waals surface area contributed by atoms with Gasteiger partial charge in [0.25, 0.3) is 0 Å². The molecule has 5 nitrogen and oxygen atoms in total. The normalized spacial score (nSPS) is 11.2. The lowest BCUT2D eigenvalue weighted by atomic mass is 10.1. The molecule has 1 N–H and O–H groups in total. The van der Waals surface area contributed by atoms with Crippen LogP contribution in [-0.4, -0.2) is 45.7 Å². The Morgan fingerprint density at radius 2 is 1.76 bits per heavy atom. The van der Waals surface area contributed by atoms with Crippen LogP contribution in [0.25, 0.3) is 10.9 Å². The van der Waals surface area contributed by atoms with Gasteiger partial charge in [0.15, 0.2) is 0 Å². The van der Waals surface area contributed by atoms with Crippen molar-refractivity contribution < 1.29 is 14.0 Å². The molecule has 0 aliphatic carbocycles. The molecule has 176 valence electrons. The monoisotopic (exact) mass is 451 g/mol. The van der Waals surface area contributed by atoms with Crippen molar-refractivity contribution in [1.82, 2.24) is 14.8 Å². The predicted molar refractivity (Wildman–Crippen MR) is 130 cm³/mol. The van der Waals surface area contributed by atoms with Crippen LogP contribution >= 0.6 is 0 Å². The van der Waals surface area contributed by atoms with Crippen LogP contribution in [0.5, 0.6) is 0 Å². The summed E-state index contributed by atoms with van der Waals surface area (Å²) in [6.07, 6.45) is 4.88. The third-order valence-corrected chi connectivity index (χ3v) is 5.96. The molecule has 0 unspecified atom stereocenters. The van der Waals surface area contributed by atoms with Crippen LogP contribution in [0, 0.1) is 5.82 Å². The number of H-pyrrole nitrogens is 1. The number of hydrogen-bond acceptors (Lipinski definition) is 2. The summed E-state index contributed by atoms with van der Waals surface area (Å²) >= 11 is 0. The topological polar surface area (TPSA) is 56.4 Å². The molecule has 2 aromatic carbocycles. The molecule has 0 aliphatic heterocycles. The van der Waals surface area contributed by atoms with Gasteiger partial charge in [-0.25, -0.2) is 4.39 Å². The van der Waals surface area contributed by atoms with Crippen LogP contribution < -0.4 is 0 Å². The number of fused-ring (bicyclic) bond motifs is 1. The van der Waals surface area contributed by atoms with Gasteiger partial charge in [0, 0.05) is 42.7 Å². The highest BCUT2D eigenvalue weighted by Crippen LogP contribution is 2.19. The Bertz CT molecular complexity index is 1060. The number of benzene rings is 2. The molecule has 0 saturated carbocycles. The number of rotatable bonds is 11. The molecule has 6 heteroatoms. The van der Waals surface area contributed by atoms with Gasteiger partial charge in [-0.1, -0.05) is 43.7 Å². The van der Waals surface area contributed by atoms with E-state index in [1.54, 1.807) is 21.9 Å². The van der Waals surface area contributed by atoms with E-state index in [9.17, 15) is 14.0 Å². The maximum atomic E-state index is 13.4. The zero-order valence-corrected chi connectivity index (χ0v) is 19.8. The number of nitrogens with zero attached hydrogens (tertiary/aromatic N) is 2. The summed E-state index contributed by atoms with van der Waals surface area (Å²) in [7, 11) is 0. The van der Waals surface area contributed by atoms with Crippen molar-refractivity contribution in [3.05, 3.63) is 71.7 Å². The molecule has 2 amide bonds. The number of nitrogens with one attached hydrogen (secondary N) is 1. The lowest BCUT2D eigenvalue weighted by molar-refractivity contribution is -0.142. The number of carbonyl (C=O) groups excluding carboxylic acids is 2. The molecule has 0 radical (unpaired) electrons. The second-order valence-corrected chi connectivity index (χ2v) is 8.77. The van der Waals surface area contributed by atoms with Crippen LogP contribution in [0.4, 0.5) is 4.39 Å². The number of carbonyl (C=O) groups is 2. The van der Waals surface area contributed by atoms with E-state index in [0.717, 1.165) is 34.9 Å². The van der Waals surface area contributed by atoms with Crippen molar-refractivity contribution >= 4 is 22.7 Å². The molecule has 0 saturated heterocycles. The SMILES string of the molecule is CCCCC(=O)N(CC(=O)N(CCc1c[nH]c2ccccc12)Cc1ccc(F)cc1)C(C)C. The van der Waals surface area contributed by atoms with Crippen molar-refractivity contribution in [3.8, 4) is 0 Å². The molecular formula is C27H34FN3O2. The van der Waals surface area contributed by atoms with Gasteiger partial charge >= 0.3 is 0 Å². The average Bonchev–Trinajstić information content (AvgIpc) is 3.22. The van der Waals surface area contributed by atoms with Crippen LogP contribution in [0.3, 0.4) is 0 Å². The molecule has 1 heterocycles. The van der Waals surface area contributed by atoms with Gasteiger partial charge in [-0.05, 0) is 56.0 Å². The highest BCUT2D eigenvalue weighted by molar-refractivity contribution is 5.85. The molecule has 33 heavy (non-hydrogen) atoms. The molecule has 1 aromatic heterocycles. The Kier molecular flexibility index (Phi) is 8.64. The van der Waals surface area contributed by atoms with E-state index < -0.39 is 0 Å². The quantitative estimate of drug-likeness (QED) is 0.430. The average molecular weight is 452 g/mol. The first-order valence-corrected chi connectivity index (χ1v) is 11.8. The fraction of sp³-hybridized carbons (Fsp3) is 0.407. The van der Waals surface area contributed by atoms with Crippen molar-refractivity contribution in [2.45, 2.75) is 59.0 Å². The molecule has 0 spiro atoms. The van der Waals surface area contributed by atoms with Crippen LogP contribution in [0.2, 0.25) is 0 Å². The Labute approximate surface area is 195 Å². The Morgan fingerprint density at radius 3 is 2.45 bits per heavy atom. The predicted octanol–water partition coefficient (Wildman–Crippen LogP) is 5.31. The number of hydrogen-bond donors (Lipinski definition) is 1. The van der Waals surface area contributed by atoms with E-state index >= 15 is 0 Å². The van der Waals surface area contributed by atoms with Gasteiger partial charge < -0.3 is 14.8 Å². The fourth-order valence-electron chi connectivity index (χ4n) is 3.97. The number of para-hydroxylation sites is 1. The molecule has 3 rings (SSSR count). The number of unbranched alkanes of at least 4 members (excludes halogenated alkanes) is 1. The number of aromatic nitrogens is 1. The van der Waals surface area contributed by atoms with E-state index in [2.05, 4.69) is 11.1 Å². The van der Waals surface area contributed by atoms with E-state index in [-0.39, 0.29) is 30.2 Å². The summed E-state index contributed by atoms with van der Waals surface area (Å²) in [5.74, 6) is -0.390. The lowest BCUT2D eigenvalue weighted by Gasteiger charge is -2.30. The minimum atomic E-state index is -0.303. The zero-order chi connectivity index (χ0) is 23.8. The smallest absolute Gasteiger partial charge is 0.242 e. The summed E-state index contributed by atoms with van der Waals surface area (Å²) in [5.41, 5.74) is 3.07. The maximum Gasteiger partial charge on any atom is 0.242 e. The van der Waals surface area contributed by atoms with E-state index in [4.69, 9.17) is 0 Å². The molecule has 3 aromatic rings. The maximum absolute atomic E-state index is 13.4. The van der Waals surface area contributed by atoms with Gasteiger partial charge in [-0.3, -0.25) is 9.59 Å². The van der Waals surface area contributed by atoms with Crippen molar-refractivity contribution in [1.29, 1.82) is 0 Å². The molecule has 0 bridgehead atoms. The van der Waals surface area contributed by atoms with Crippen molar-refractivity contribution in [3.63, 3.8) is 0 Å². The third-order valence-electron chi connectivity index (χ3n) is 5.96. The Hall–Kier alpha value is -3.15. The highest BCUT2D eigenvalue weighted by Gasteiger charge is 2.23. The van der Waals surface area contributed by atoms with Gasteiger partial charge in [0.05, 0.1) is 6.54 Å². The van der Waals surface area contributed by atoms with Crippen LogP contribution in [-0.2, 0) is 22.6 Å². The van der Waals surface area contributed by atoms with Crippen LogP contribution in [0.1, 0.15) is 51.2 Å². The standard InChI is InChI=1S/C27H34FN3O2/c1-4-5-10-26(32)31(20(2)3)19-27(33)30(18-21-11-13-23(28)14-12-21)16-15-22-17-29-25-9-7-6-8-24(22)25/h6-9,11-14,17,20,29H,4-5,10,15-16,18-19H2,1-3H3. The minimum absolute atomic E-state index is 0.0126. The summed E-state index contributed by atoms with van der Waals surface area (Å²) in [4.78, 5) is 32.8. The minimum Gasteiger partial charge on any atom is -0.361 e. The summed E-state index contributed by atoms with van der Waals surface area (Å²) in [5, 5.41) is 1.14. The first kappa shape index (κ1) is 24.5. The molecular weight excluding hydrogens is 417 g/mol. The molecule has 0 aliphatic rings. The van der Waals surface area contributed by atoms with Gasteiger partial charge in [0.2, 0.25) is 11.8 Å². The first-order chi connectivity index (χ1) is 15.9. The Morgan fingerprint density at radius 1 is 1.03 bits per heavy atom. The third kappa shape index (κ3) is 6.67. The largest absolute Gasteiger partial charge is 0.361 e. The zero-order valence-electron chi connectivity index (χ0n) is 19.8. The molecule has 0 fully saturated rings. The van der Waals surface area contributed by atoms with Crippen molar-refractivity contribution in [2.75, 3.05) is 13.1 Å². The van der Waals surface area contributed by atoms with Gasteiger partial charge in [-0.2, -0.15) is 0 Å². The number of amides is 2. The second-order valence-electron chi connectivity index (χ2n) is 8.77. The van der Waals surface area contributed by atoms with Gasteiger partial charge in [-0.15, -0.1) is 0 Å². The van der Waals surface area contributed by atoms with E-state index in [1.165, 1.54) is 12.1 Å². The first-order valence-electron chi connectivity index (χ1n) is 11.8. The van der Waals surface area contributed by atoms with Crippen molar-refractivity contribution in [2.24, 2.45) is 0 Å². The molecule has 0 atom stereocenters.